The van der Waals surface area contributed by atoms with Crippen LogP contribution >= 0.6 is 0 Å². The number of pyridine rings is 1. The van der Waals surface area contributed by atoms with E-state index in [4.69, 9.17) is 9.47 Å². The smallest absolute Gasteiger partial charge is 0.255 e. The van der Waals surface area contributed by atoms with Crippen LogP contribution in [0.5, 0.6) is 5.75 Å². The molecule has 0 unspecified atom stereocenters. The van der Waals surface area contributed by atoms with Gasteiger partial charge in [-0.15, -0.1) is 0 Å². The number of nitrogens with one attached hydrogen (secondary N) is 1. The topological polar surface area (TPSA) is 54.6 Å². The van der Waals surface area contributed by atoms with Crippen molar-refractivity contribution < 1.29 is 9.47 Å². The summed E-state index contributed by atoms with van der Waals surface area (Å²) in [5.41, 5.74) is -0.0845. The second-order valence-corrected chi connectivity index (χ2v) is 5.92. The van der Waals surface area contributed by atoms with Crippen LogP contribution in [-0.4, -0.2) is 48.3 Å². The van der Waals surface area contributed by atoms with E-state index >= 15 is 0 Å². The lowest BCUT2D eigenvalue weighted by atomic mass is 10.2. The lowest BCUT2D eigenvalue weighted by Gasteiger charge is -2.35. The van der Waals surface area contributed by atoms with Gasteiger partial charge in [-0.3, -0.25) is 9.69 Å². The molecule has 1 aliphatic heterocycles. The molecule has 2 heterocycles. The first kappa shape index (κ1) is 15.1. The number of morpholine rings is 1. The molecular formula is C17H22N2O3. The fourth-order valence-electron chi connectivity index (χ4n) is 3.01. The van der Waals surface area contributed by atoms with Gasteiger partial charge in [0.2, 0.25) is 0 Å². The van der Waals surface area contributed by atoms with Crippen LogP contribution in [-0.2, 0) is 4.74 Å². The summed E-state index contributed by atoms with van der Waals surface area (Å²) in [5, 5.41) is 1.58. The number of fused-ring (bicyclic) bond motifs is 1. The zero-order valence-corrected chi connectivity index (χ0v) is 13.0. The van der Waals surface area contributed by atoms with E-state index in [9.17, 15) is 4.79 Å². The van der Waals surface area contributed by atoms with Crippen molar-refractivity contribution in [2.75, 3.05) is 26.2 Å². The molecule has 0 aliphatic carbocycles. The van der Waals surface area contributed by atoms with Crippen LogP contribution in [0.4, 0.5) is 0 Å². The van der Waals surface area contributed by atoms with Crippen molar-refractivity contribution in [3.05, 3.63) is 40.8 Å². The molecule has 5 nitrogen and oxygen atoms in total. The first-order valence-corrected chi connectivity index (χ1v) is 7.74. The van der Waals surface area contributed by atoms with Gasteiger partial charge < -0.3 is 14.5 Å². The number of H-pyrrole nitrogens is 1. The number of aromatic nitrogens is 1. The Balaban J connectivity index is 1.60. The lowest BCUT2D eigenvalue weighted by Crippen LogP contribution is -2.46. The third kappa shape index (κ3) is 3.48. The highest BCUT2D eigenvalue weighted by atomic mass is 16.5. The Morgan fingerprint density at radius 2 is 2.05 bits per heavy atom. The largest absolute Gasteiger partial charge is 0.492 e. The third-order valence-corrected chi connectivity index (χ3v) is 3.92. The first-order valence-electron chi connectivity index (χ1n) is 7.74. The molecule has 22 heavy (non-hydrogen) atoms. The SMILES string of the molecule is C[C@@H]1CN(CCOc2ccc3cc[nH]c(=O)c3c2)C[C@H](C)O1. The zero-order chi connectivity index (χ0) is 15.5. The molecule has 1 N–H and O–H groups in total. The molecule has 0 spiro atoms. The summed E-state index contributed by atoms with van der Waals surface area (Å²) in [6.45, 7) is 7.53. The number of benzene rings is 1. The first-order chi connectivity index (χ1) is 10.6. The van der Waals surface area contributed by atoms with Crippen molar-refractivity contribution in [2.24, 2.45) is 0 Å². The van der Waals surface area contributed by atoms with Gasteiger partial charge in [0.1, 0.15) is 12.4 Å². The van der Waals surface area contributed by atoms with Gasteiger partial charge in [0.15, 0.2) is 0 Å². The normalized spacial score (nSPS) is 22.8. The van der Waals surface area contributed by atoms with Crippen molar-refractivity contribution in [3.63, 3.8) is 0 Å². The number of aromatic amines is 1. The van der Waals surface area contributed by atoms with E-state index in [0.717, 1.165) is 30.8 Å². The van der Waals surface area contributed by atoms with Crippen molar-refractivity contribution in [1.29, 1.82) is 0 Å². The van der Waals surface area contributed by atoms with E-state index in [0.29, 0.717) is 12.0 Å². The Morgan fingerprint density at radius 3 is 2.82 bits per heavy atom. The zero-order valence-electron chi connectivity index (χ0n) is 13.0. The van der Waals surface area contributed by atoms with Gasteiger partial charge in [0, 0.05) is 25.8 Å². The fraction of sp³-hybridized carbons (Fsp3) is 0.471. The molecule has 0 radical (unpaired) electrons. The summed E-state index contributed by atoms with van der Waals surface area (Å²) in [5.74, 6) is 0.735. The molecular weight excluding hydrogens is 280 g/mol. The third-order valence-electron chi connectivity index (χ3n) is 3.92. The van der Waals surface area contributed by atoms with Crippen LogP contribution in [0.25, 0.3) is 10.8 Å². The van der Waals surface area contributed by atoms with Crippen LogP contribution in [0.2, 0.25) is 0 Å². The van der Waals surface area contributed by atoms with E-state index in [1.165, 1.54) is 0 Å². The predicted octanol–water partition coefficient (Wildman–Crippen LogP) is 2.02. The number of hydrogen-bond acceptors (Lipinski definition) is 4. The summed E-state index contributed by atoms with van der Waals surface area (Å²) in [4.78, 5) is 16.8. The van der Waals surface area contributed by atoms with E-state index in [-0.39, 0.29) is 17.8 Å². The monoisotopic (exact) mass is 302 g/mol. The van der Waals surface area contributed by atoms with Crippen LogP contribution in [0.1, 0.15) is 13.8 Å². The average Bonchev–Trinajstić information content (AvgIpc) is 2.47. The Morgan fingerprint density at radius 1 is 1.27 bits per heavy atom. The molecule has 1 aromatic heterocycles. The Hall–Kier alpha value is -1.85. The van der Waals surface area contributed by atoms with Crippen LogP contribution in [0.15, 0.2) is 35.3 Å². The summed E-state index contributed by atoms with van der Waals surface area (Å²) >= 11 is 0. The molecule has 2 atom stereocenters. The molecule has 1 saturated heterocycles. The maximum absolute atomic E-state index is 11.8. The molecule has 0 amide bonds. The molecule has 1 aliphatic rings. The highest BCUT2D eigenvalue weighted by Gasteiger charge is 2.21. The average molecular weight is 302 g/mol. The second kappa shape index (κ2) is 6.50. The maximum Gasteiger partial charge on any atom is 0.255 e. The summed E-state index contributed by atoms with van der Waals surface area (Å²) in [7, 11) is 0. The number of ether oxygens (including phenoxy) is 2. The molecule has 1 fully saturated rings. The van der Waals surface area contributed by atoms with E-state index in [2.05, 4.69) is 23.7 Å². The van der Waals surface area contributed by atoms with Crippen molar-refractivity contribution >= 4 is 10.8 Å². The van der Waals surface area contributed by atoms with Crippen LogP contribution in [0.3, 0.4) is 0 Å². The molecule has 5 heteroatoms. The van der Waals surface area contributed by atoms with Crippen LogP contribution < -0.4 is 10.3 Å². The van der Waals surface area contributed by atoms with Gasteiger partial charge in [-0.25, -0.2) is 0 Å². The number of rotatable bonds is 4. The van der Waals surface area contributed by atoms with Gasteiger partial charge in [-0.2, -0.15) is 0 Å². The van der Waals surface area contributed by atoms with Crippen LogP contribution in [0, 0.1) is 0 Å². The Kier molecular flexibility index (Phi) is 4.45. The minimum atomic E-state index is -0.0845. The molecule has 2 aromatic rings. The van der Waals surface area contributed by atoms with Crippen molar-refractivity contribution in [1.82, 2.24) is 9.88 Å². The van der Waals surface area contributed by atoms with Crippen molar-refractivity contribution in [2.45, 2.75) is 26.1 Å². The van der Waals surface area contributed by atoms with E-state index in [1.807, 2.05) is 18.2 Å². The lowest BCUT2D eigenvalue weighted by molar-refractivity contribution is -0.0699. The minimum absolute atomic E-state index is 0.0845. The van der Waals surface area contributed by atoms with Gasteiger partial charge in [-0.05, 0) is 37.4 Å². The molecule has 0 bridgehead atoms. The Bertz CT molecular complexity index is 688. The van der Waals surface area contributed by atoms with Gasteiger partial charge in [0.25, 0.3) is 5.56 Å². The predicted molar refractivity (Wildman–Crippen MR) is 86.5 cm³/mol. The fourth-order valence-corrected chi connectivity index (χ4v) is 3.01. The Labute approximate surface area is 129 Å². The number of nitrogens with zero attached hydrogens (tertiary/aromatic N) is 1. The van der Waals surface area contributed by atoms with Crippen molar-refractivity contribution in [3.8, 4) is 5.75 Å². The second-order valence-electron chi connectivity index (χ2n) is 5.92. The van der Waals surface area contributed by atoms with Gasteiger partial charge in [0.05, 0.1) is 17.6 Å². The molecule has 118 valence electrons. The standard InChI is InChI=1S/C17H22N2O3/c1-12-10-19(11-13(2)22-12)7-8-21-15-4-3-14-5-6-18-17(20)16(14)9-15/h3-6,9,12-13H,7-8,10-11H2,1-2H3,(H,18,20)/t12-,13+. The van der Waals surface area contributed by atoms with E-state index < -0.39 is 0 Å². The quantitative estimate of drug-likeness (QED) is 0.939. The summed E-state index contributed by atoms with van der Waals surface area (Å²) < 4.78 is 11.5. The van der Waals surface area contributed by atoms with E-state index in [1.54, 1.807) is 12.3 Å². The minimum Gasteiger partial charge on any atom is -0.492 e. The highest BCUT2D eigenvalue weighted by molar-refractivity contribution is 5.82. The maximum atomic E-state index is 11.8. The van der Waals surface area contributed by atoms with Gasteiger partial charge >= 0.3 is 0 Å². The summed E-state index contributed by atoms with van der Waals surface area (Å²) in [6.07, 6.45) is 2.19. The molecule has 3 rings (SSSR count). The molecule has 1 aromatic carbocycles. The molecule has 0 saturated carbocycles. The summed E-state index contributed by atoms with van der Waals surface area (Å²) in [6, 6.07) is 7.51. The number of hydrogen-bond donors (Lipinski definition) is 1. The highest BCUT2D eigenvalue weighted by Crippen LogP contribution is 2.18. The van der Waals surface area contributed by atoms with Gasteiger partial charge in [-0.1, -0.05) is 6.07 Å².